The van der Waals surface area contributed by atoms with Crippen molar-refractivity contribution in [2.24, 2.45) is 11.3 Å². The quantitative estimate of drug-likeness (QED) is 0.376. The van der Waals surface area contributed by atoms with Crippen LogP contribution in [0.25, 0.3) is 0 Å². The zero-order valence-electron chi connectivity index (χ0n) is 12.4. The molecule has 0 aromatic carbocycles. The van der Waals surface area contributed by atoms with E-state index >= 15 is 0 Å². The minimum atomic E-state index is -1.49. The molecule has 1 unspecified atom stereocenters. The normalized spacial score (nSPS) is 14.2. The summed E-state index contributed by atoms with van der Waals surface area (Å²) < 4.78 is 10.3. The van der Waals surface area contributed by atoms with Gasteiger partial charge in [-0.2, -0.15) is 0 Å². The van der Waals surface area contributed by atoms with E-state index in [9.17, 15) is 14.7 Å². The molecule has 112 valence electrons. The second kappa shape index (κ2) is 8.91. The smallest absolute Gasteiger partial charge is 0.323 e. The number of carbonyl (C=O) groups is 2. The number of hydrogen-bond acceptors (Lipinski definition) is 4. The third kappa shape index (κ3) is 5.59. The SMILES string of the molecule is CCCOCCC(CC(C)C)(C(=O)O)C(=O)OCC. The van der Waals surface area contributed by atoms with Crippen molar-refractivity contribution in [1.29, 1.82) is 0 Å². The predicted molar refractivity (Wildman–Crippen MR) is 71.9 cm³/mol. The molecule has 1 atom stereocenters. The number of esters is 1. The summed E-state index contributed by atoms with van der Waals surface area (Å²) in [5.74, 6) is -1.69. The van der Waals surface area contributed by atoms with E-state index in [1.54, 1.807) is 6.92 Å². The number of carboxylic acids is 1. The van der Waals surface area contributed by atoms with Crippen LogP contribution in [-0.2, 0) is 19.1 Å². The molecule has 0 fully saturated rings. The van der Waals surface area contributed by atoms with Gasteiger partial charge in [-0.25, -0.2) is 0 Å². The Balaban J connectivity index is 4.92. The Morgan fingerprint density at radius 3 is 2.26 bits per heavy atom. The molecule has 1 N–H and O–H groups in total. The van der Waals surface area contributed by atoms with Gasteiger partial charge in [0.15, 0.2) is 5.41 Å². The lowest BCUT2D eigenvalue weighted by molar-refractivity contribution is -0.171. The molecule has 0 aliphatic carbocycles. The number of rotatable bonds is 10. The van der Waals surface area contributed by atoms with Crippen LogP contribution in [0.3, 0.4) is 0 Å². The summed E-state index contributed by atoms with van der Waals surface area (Å²) in [6.45, 7) is 8.44. The third-order valence-electron chi connectivity index (χ3n) is 2.85. The number of hydrogen-bond donors (Lipinski definition) is 1. The number of aliphatic carboxylic acids is 1. The highest BCUT2D eigenvalue weighted by atomic mass is 16.5. The van der Waals surface area contributed by atoms with Gasteiger partial charge in [0.25, 0.3) is 0 Å². The molecule has 0 saturated heterocycles. The second-order valence-corrected chi connectivity index (χ2v) is 5.07. The largest absolute Gasteiger partial charge is 0.480 e. The van der Waals surface area contributed by atoms with E-state index in [0.717, 1.165) is 6.42 Å². The van der Waals surface area contributed by atoms with E-state index in [1.165, 1.54) is 0 Å². The summed E-state index contributed by atoms with van der Waals surface area (Å²) in [6.07, 6.45) is 1.28. The van der Waals surface area contributed by atoms with Crippen LogP contribution in [-0.4, -0.2) is 36.9 Å². The van der Waals surface area contributed by atoms with Crippen molar-refractivity contribution in [2.75, 3.05) is 19.8 Å². The molecule has 0 spiro atoms. The van der Waals surface area contributed by atoms with Crippen LogP contribution in [0.15, 0.2) is 0 Å². The highest BCUT2D eigenvalue weighted by Gasteiger charge is 2.47. The number of carbonyl (C=O) groups excluding carboxylic acids is 1. The van der Waals surface area contributed by atoms with E-state index in [2.05, 4.69) is 0 Å². The van der Waals surface area contributed by atoms with Gasteiger partial charge in [0.2, 0.25) is 0 Å². The Labute approximate surface area is 115 Å². The van der Waals surface area contributed by atoms with E-state index in [-0.39, 0.29) is 32.0 Å². The molecule has 0 amide bonds. The van der Waals surface area contributed by atoms with Gasteiger partial charge in [-0.15, -0.1) is 0 Å². The average Bonchev–Trinajstić information content (AvgIpc) is 2.32. The van der Waals surface area contributed by atoms with Crippen molar-refractivity contribution in [2.45, 2.75) is 47.0 Å². The highest BCUT2D eigenvalue weighted by molar-refractivity contribution is 5.99. The van der Waals surface area contributed by atoms with E-state index < -0.39 is 17.4 Å². The first-order valence-corrected chi connectivity index (χ1v) is 6.89. The van der Waals surface area contributed by atoms with Crippen molar-refractivity contribution in [3.63, 3.8) is 0 Å². The van der Waals surface area contributed by atoms with Gasteiger partial charge in [0.1, 0.15) is 0 Å². The van der Waals surface area contributed by atoms with Crippen LogP contribution in [0, 0.1) is 11.3 Å². The van der Waals surface area contributed by atoms with Gasteiger partial charge >= 0.3 is 11.9 Å². The minimum Gasteiger partial charge on any atom is -0.480 e. The lowest BCUT2D eigenvalue weighted by atomic mass is 9.77. The molecule has 0 heterocycles. The van der Waals surface area contributed by atoms with Gasteiger partial charge in [0.05, 0.1) is 6.61 Å². The minimum absolute atomic E-state index is 0.0895. The fraction of sp³-hybridized carbons (Fsp3) is 0.857. The third-order valence-corrected chi connectivity index (χ3v) is 2.85. The van der Waals surface area contributed by atoms with Crippen LogP contribution in [0.2, 0.25) is 0 Å². The van der Waals surface area contributed by atoms with Crippen LogP contribution in [0.5, 0.6) is 0 Å². The molecule has 0 radical (unpaired) electrons. The molecule has 0 bridgehead atoms. The van der Waals surface area contributed by atoms with Crippen LogP contribution < -0.4 is 0 Å². The standard InChI is InChI=1S/C14H26O5/c1-5-8-18-9-7-14(12(15)16,10-11(3)4)13(17)19-6-2/h11H,5-10H2,1-4H3,(H,15,16). The Kier molecular flexibility index (Phi) is 8.39. The Morgan fingerprint density at radius 1 is 1.21 bits per heavy atom. The molecular weight excluding hydrogens is 248 g/mol. The fourth-order valence-electron chi connectivity index (χ4n) is 2.03. The molecule has 0 aliphatic heterocycles. The van der Waals surface area contributed by atoms with Crippen molar-refractivity contribution in [3.05, 3.63) is 0 Å². The monoisotopic (exact) mass is 274 g/mol. The van der Waals surface area contributed by atoms with E-state index in [1.807, 2.05) is 20.8 Å². The van der Waals surface area contributed by atoms with E-state index in [4.69, 9.17) is 9.47 Å². The maximum atomic E-state index is 12.0. The molecule has 0 aromatic heterocycles. The number of ether oxygens (including phenoxy) is 2. The summed E-state index contributed by atoms with van der Waals surface area (Å²) in [5.41, 5.74) is -1.49. The van der Waals surface area contributed by atoms with Crippen molar-refractivity contribution >= 4 is 11.9 Å². The zero-order valence-corrected chi connectivity index (χ0v) is 12.4. The number of carboxylic acid groups (broad SMARTS) is 1. The Bertz CT molecular complexity index is 288. The van der Waals surface area contributed by atoms with Crippen LogP contribution in [0.1, 0.15) is 47.0 Å². The molecule has 0 saturated carbocycles. The van der Waals surface area contributed by atoms with Crippen LogP contribution >= 0.6 is 0 Å². The van der Waals surface area contributed by atoms with Crippen LogP contribution in [0.4, 0.5) is 0 Å². The molecule has 0 aromatic rings. The fourth-order valence-corrected chi connectivity index (χ4v) is 2.03. The topological polar surface area (TPSA) is 72.8 Å². The Hall–Kier alpha value is -1.10. The molecule has 0 aliphatic rings. The molecule has 5 heteroatoms. The Morgan fingerprint density at radius 2 is 1.84 bits per heavy atom. The van der Waals surface area contributed by atoms with Gasteiger partial charge in [0, 0.05) is 13.2 Å². The van der Waals surface area contributed by atoms with Crippen molar-refractivity contribution < 1.29 is 24.2 Å². The van der Waals surface area contributed by atoms with Crippen molar-refractivity contribution in [1.82, 2.24) is 0 Å². The molecule has 5 nitrogen and oxygen atoms in total. The van der Waals surface area contributed by atoms with E-state index in [0.29, 0.717) is 6.61 Å². The summed E-state index contributed by atoms with van der Waals surface area (Å²) in [4.78, 5) is 23.6. The predicted octanol–water partition coefficient (Wildman–Crippen LogP) is 2.48. The second-order valence-electron chi connectivity index (χ2n) is 5.07. The first kappa shape index (κ1) is 17.9. The maximum Gasteiger partial charge on any atom is 0.323 e. The lowest BCUT2D eigenvalue weighted by Gasteiger charge is -2.28. The average molecular weight is 274 g/mol. The first-order valence-electron chi connectivity index (χ1n) is 6.89. The van der Waals surface area contributed by atoms with Gasteiger partial charge < -0.3 is 14.6 Å². The summed E-state index contributed by atoms with van der Waals surface area (Å²) in [6, 6.07) is 0. The molecule has 19 heavy (non-hydrogen) atoms. The van der Waals surface area contributed by atoms with Gasteiger partial charge in [-0.3, -0.25) is 9.59 Å². The molecule has 0 rings (SSSR count). The summed E-state index contributed by atoms with van der Waals surface area (Å²) in [7, 11) is 0. The summed E-state index contributed by atoms with van der Waals surface area (Å²) in [5, 5.41) is 9.47. The van der Waals surface area contributed by atoms with Gasteiger partial charge in [-0.1, -0.05) is 20.8 Å². The van der Waals surface area contributed by atoms with Gasteiger partial charge in [-0.05, 0) is 32.1 Å². The first-order chi connectivity index (χ1) is 8.90. The summed E-state index contributed by atoms with van der Waals surface area (Å²) >= 11 is 0. The highest BCUT2D eigenvalue weighted by Crippen LogP contribution is 2.33. The lowest BCUT2D eigenvalue weighted by Crippen LogP contribution is -2.43. The van der Waals surface area contributed by atoms with Crippen molar-refractivity contribution in [3.8, 4) is 0 Å². The molecular formula is C14H26O5. The zero-order chi connectivity index (χ0) is 14.9. The maximum absolute atomic E-state index is 12.0.